The van der Waals surface area contributed by atoms with Gasteiger partial charge in [0.25, 0.3) is 11.8 Å². The predicted molar refractivity (Wildman–Crippen MR) is 136 cm³/mol. The minimum Gasteiger partial charge on any atom is -0.482 e. The Hall–Kier alpha value is -3.41. The largest absolute Gasteiger partial charge is 0.482 e. The van der Waals surface area contributed by atoms with E-state index in [1.54, 1.807) is 30.3 Å². The molecule has 0 radical (unpaired) electrons. The molecule has 0 atom stereocenters. The minimum atomic E-state index is -0.549. The van der Waals surface area contributed by atoms with Gasteiger partial charge in [0.1, 0.15) is 17.4 Å². The van der Waals surface area contributed by atoms with E-state index >= 15 is 0 Å². The molecule has 0 aliphatic carbocycles. The lowest BCUT2D eigenvalue weighted by molar-refractivity contribution is -0.118. The summed E-state index contributed by atoms with van der Waals surface area (Å²) in [4.78, 5) is 25.0. The number of anilines is 2. The van der Waals surface area contributed by atoms with Crippen molar-refractivity contribution in [3.63, 3.8) is 0 Å². The smallest absolute Gasteiger partial charge is 0.266 e. The fraction of sp³-hybridized carbons (Fsp3) is 0.0800. The fourth-order valence-corrected chi connectivity index (χ4v) is 4.29. The third kappa shape index (κ3) is 7.04. The zero-order valence-corrected chi connectivity index (χ0v) is 20.7. The molecule has 33 heavy (non-hydrogen) atoms. The first-order chi connectivity index (χ1) is 15.9. The summed E-state index contributed by atoms with van der Waals surface area (Å²) in [7, 11) is 0. The number of amides is 2. The molecule has 0 spiro atoms. The highest BCUT2D eigenvalue weighted by Gasteiger charge is 2.15. The highest BCUT2D eigenvalue weighted by atomic mass is 79.9. The Labute approximate surface area is 208 Å². The van der Waals surface area contributed by atoms with E-state index in [0.717, 1.165) is 5.56 Å². The molecule has 0 saturated heterocycles. The van der Waals surface area contributed by atoms with E-state index in [2.05, 4.69) is 42.5 Å². The van der Waals surface area contributed by atoms with E-state index in [4.69, 9.17) is 4.74 Å². The third-order valence-corrected chi connectivity index (χ3v) is 5.43. The van der Waals surface area contributed by atoms with Crippen molar-refractivity contribution in [1.29, 1.82) is 5.26 Å². The Morgan fingerprint density at radius 3 is 2.42 bits per heavy atom. The van der Waals surface area contributed by atoms with Gasteiger partial charge in [0.15, 0.2) is 6.61 Å². The Morgan fingerprint density at radius 1 is 1.00 bits per heavy atom. The quantitative estimate of drug-likeness (QED) is 0.267. The third-order valence-electron chi connectivity index (χ3n) is 4.38. The second-order valence-corrected chi connectivity index (χ2v) is 8.77. The molecule has 0 aliphatic rings. The first-order valence-corrected chi connectivity index (χ1v) is 11.4. The molecule has 0 saturated carbocycles. The first kappa shape index (κ1) is 24.2. The van der Waals surface area contributed by atoms with Crippen molar-refractivity contribution in [2.75, 3.05) is 17.2 Å². The molecule has 6 nitrogen and oxygen atoms in total. The van der Waals surface area contributed by atoms with Crippen molar-refractivity contribution in [3.05, 3.63) is 92.4 Å². The van der Waals surface area contributed by atoms with Gasteiger partial charge < -0.3 is 15.4 Å². The van der Waals surface area contributed by atoms with Crippen molar-refractivity contribution in [2.45, 2.75) is 6.92 Å². The molecule has 2 N–H and O–H groups in total. The van der Waals surface area contributed by atoms with Crippen LogP contribution in [0.1, 0.15) is 11.1 Å². The lowest BCUT2D eigenvalue weighted by atomic mass is 10.1. The van der Waals surface area contributed by atoms with Gasteiger partial charge >= 0.3 is 0 Å². The van der Waals surface area contributed by atoms with Crippen LogP contribution in [0.15, 0.2) is 81.2 Å². The van der Waals surface area contributed by atoms with Crippen molar-refractivity contribution >= 4 is 61.1 Å². The number of nitrogens with one attached hydrogen (secondary N) is 2. The van der Waals surface area contributed by atoms with E-state index in [-0.39, 0.29) is 18.1 Å². The number of nitrogens with zero attached hydrogens (tertiary/aromatic N) is 1. The SMILES string of the molecule is Cc1cccc(NC(=O)/C(C#N)=C/c2cc(Br)cc(Br)c2OCC(=O)Nc2ccccc2)c1. The zero-order chi connectivity index (χ0) is 23.8. The summed E-state index contributed by atoms with van der Waals surface area (Å²) in [5, 5.41) is 15.1. The van der Waals surface area contributed by atoms with E-state index in [0.29, 0.717) is 31.6 Å². The van der Waals surface area contributed by atoms with Crippen molar-refractivity contribution in [2.24, 2.45) is 0 Å². The molecule has 0 aliphatic heterocycles. The van der Waals surface area contributed by atoms with Crippen LogP contribution in [0.4, 0.5) is 11.4 Å². The van der Waals surface area contributed by atoms with E-state index in [9.17, 15) is 14.9 Å². The summed E-state index contributed by atoms with van der Waals surface area (Å²) in [5.41, 5.74) is 2.57. The minimum absolute atomic E-state index is 0.111. The Morgan fingerprint density at radius 2 is 1.73 bits per heavy atom. The summed E-state index contributed by atoms with van der Waals surface area (Å²) < 4.78 is 7.02. The second kappa shape index (κ2) is 11.5. The highest BCUT2D eigenvalue weighted by Crippen LogP contribution is 2.34. The normalized spacial score (nSPS) is 10.8. The molecule has 0 aromatic heterocycles. The molecule has 2 amide bonds. The molecule has 3 aromatic rings. The van der Waals surface area contributed by atoms with Gasteiger partial charge in [-0.1, -0.05) is 46.3 Å². The van der Waals surface area contributed by atoms with Gasteiger partial charge in [-0.25, -0.2) is 0 Å². The van der Waals surface area contributed by atoms with Gasteiger partial charge in [-0.05, 0) is 70.9 Å². The molecule has 0 heterocycles. The van der Waals surface area contributed by atoms with Crippen LogP contribution in [-0.2, 0) is 9.59 Å². The number of hydrogen-bond donors (Lipinski definition) is 2. The number of halogens is 2. The van der Waals surface area contributed by atoms with Crippen molar-refractivity contribution < 1.29 is 14.3 Å². The standard InChI is InChI=1S/C25H19Br2N3O3/c1-16-6-5-9-21(10-16)30-25(32)18(14-28)11-17-12-19(26)13-22(27)24(17)33-15-23(31)29-20-7-3-2-4-8-20/h2-13H,15H2,1H3,(H,29,31)(H,30,32)/b18-11+. The summed E-state index contributed by atoms with van der Waals surface area (Å²) in [6.45, 7) is 1.65. The van der Waals surface area contributed by atoms with Crippen molar-refractivity contribution in [3.8, 4) is 11.8 Å². The highest BCUT2D eigenvalue weighted by molar-refractivity contribution is 9.11. The number of carbonyl (C=O) groups is 2. The first-order valence-electron chi connectivity index (χ1n) is 9.82. The van der Waals surface area contributed by atoms with Crippen LogP contribution in [0.5, 0.6) is 5.75 Å². The molecule has 3 rings (SSSR count). The maximum atomic E-state index is 12.7. The summed E-state index contributed by atoms with van der Waals surface area (Å²) in [6, 6.07) is 21.7. The van der Waals surface area contributed by atoms with E-state index < -0.39 is 5.91 Å². The number of para-hydroxylation sites is 1. The molecule has 166 valence electrons. The lowest BCUT2D eigenvalue weighted by Crippen LogP contribution is -2.20. The van der Waals surface area contributed by atoms with Crippen LogP contribution >= 0.6 is 31.9 Å². The van der Waals surface area contributed by atoms with Crippen LogP contribution in [0.2, 0.25) is 0 Å². The summed E-state index contributed by atoms with van der Waals surface area (Å²) in [6.07, 6.45) is 1.42. The Bertz CT molecular complexity index is 1250. The number of rotatable bonds is 7. The predicted octanol–water partition coefficient (Wildman–Crippen LogP) is 6.08. The molecule has 0 fully saturated rings. The van der Waals surface area contributed by atoms with Crippen LogP contribution < -0.4 is 15.4 Å². The van der Waals surface area contributed by atoms with E-state index in [1.807, 2.05) is 49.4 Å². The fourth-order valence-electron chi connectivity index (χ4n) is 2.92. The van der Waals surface area contributed by atoms with E-state index in [1.165, 1.54) is 6.08 Å². The number of ether oxygens (including phenoxy) is 1. The average molecular weight is 569 g/mol. The topological polar surface area (TPSA) is 91.2 Å². The molecular weight excluding hydrogens is 550 g/mol. The second-order valence-electron chi connectivity index (χ2n) is 7.00. The van der Waals surface area contributed by atoms with Gasteiger partial charge in [-0.2, -0.15) is 5.26 Å². The molecule has 0 bridgehead atoms. The maximum Gasteiger partial charge on any atom is 0.266 e. The average Bonchev–Trinajstić information content (AvgIpc) is 2.77. The van der Waals surface area contributed by atoms with Gasteiger partial charge in [0.2, 0.25) is 0 Å². The zero-order valence-electron chi connectivity index (χ0n) is 17.6. The van der Waals surface area contributed by atoms with Crippen molar-refractivity contribution in [1.82, 2.24) is 0 Å². The van der Waals surface area contributed by atoms with Gasteiger partial charge in [0, 0.05) is 21.4 Å². The molecular formula is C25H19Br2N3O3. The van der Waals surface area contributed by atoms with Gasteiger partial charge in [-0.15, -0.1) is 0 Å². The lowest BCUT2D eigenvalue weighted by Gasteiger charge is -2.13. The number of aryl methyl sites for hydroxylation is 1. The Kier molecular flexibility index (Phi) is 8.41. The molecule has 3 aromatic carbocycles. The number of nitriles is 1. The van der Waals surface area contributed by atoms with Crippen LogP contribution in [0, 0.1) is 18.3 Å². The number of benzene rings is 3. The summed E-state index contributed by atoms with van der Waals surface area (Å²) in [5.74, 6) is -0.562. The van der Waals surface area contributed by atoms with Gasteiger partial charge in [-0.3, -0.25) is 9.59 Å². The summed E-state index contributed by atoms with van der Waals surface area (Å²) >= 11 is 6.83. The molecule has 8 heteroatoms. The Balaban J connectivity index is 1.81. The van der Waals surface area contributed by atoms with Crippen LogP contribution in [0.25, 0.3) is 6.08 Å². The van der Waals surface area contributed by atoms with Gasteiger partial charge in [0.05, 0.1) is 4.47 Å². The van der Waals surface area contributed by atoms with Crippen LogP contribution in [-0.4, -0.2) is 18.4 Å². The maximum absolute atomic E-state index is 12.7. The monoisotopic (exact) mass is 567 g/mol. The number of hydrogen-bond acceptors (Lipinski definition) is 4. The molecule has 0 unspecified atom stereocenters. The van der Waals surface area contributed by atoms with Crippen LogP contribution in [0.3, 0.4) is 0 Å². The number of carbonyl (C=O) groups excluding carboxylic acids is 2.